The van der Waals surface area contributed by atoms with Crippen LogP contribution in [0, 0.1) is 0 Å². The summed E-state index contributed by atoms with van der Waals surface area (Å²) in [5.74, 6) is 1.07. The summed E-state index contributed by atoms with van der Waals surface area (Å²) in [6.45, 7) is 1.90. The van der Waals surface area contributed by atoms with Gasteiger partial charge in [-0.1, -0.05) is 35.5 Å². The lowest BCUT2D eigenvalue weighted by Gasteiger charge is -2.10. The van der Waals surface area contributed by atoms with Crippen LogP contribution in [0.15, 0.2) is 34.9 Å². The van der Waals surface area contributed by atoms with Crippen molar-refractivity contribution in [2.75, 3.05) is 7.11 Å². The van der Waals surface area contributed by atoms with Gasteiger partial charge in [0.2, 0.25) is 0 Å². The Morgan fingerprint density at radius 1 is 1.33 bits per heavy atom. The smallest absolute Gasteiger partial charge is 0.260 e. The van der Waals surface area contributed by atoms with Crippen LogP contribution < -0.4 is 5.73 Å². The third-order valence-corrected chi connectivity index (χ3v) is 2.55. The van der Waals surface area contributed by atoms with Crippen molar-refractivity contribution in [3.63, 3.8) is 0 Å². The third kappa shape index (κ3) is 2.94. The monoisotopic (exact) mass is 247 g/mol. The number of methoxy groups -OCH3 is 1. The molecular weight excluding hydrogens is 230 g/mol. The van der Waals surface area contributed by atoms with E-state index in [1.165, 1.54) is 0 Å². The zero-order chi connectivity index (χ0) is 13.0. The molecule has 5 nitrogen and oxygen atoms in total. The number of hydrogen-bond donors (Lipinski definition) is 1. The Hall–Kier alpha value is -1.72. The van der Waals surface area contributed by atoms with Gasteiger partial charge in [0, 0.05) is 19.6 Å². The molecule has 0 aliphatic heterocycles. The SMILES string of the molecule is COC(c1ccccc1)c1nc(CC(C)N)no1. The number of rotatable bonds is 5. The molecule has 1 aromatic carbocycles. The van der Waals surface area contributed by atoms with Crippen LogP contribution in [0.3, 0.4) is 0 Å². The molecule has 1 heterocycles. The van der Waals surface area contributed by atoms with Crippen LogP contribution in [-0.2, 0) is 11.2 Å². The first-order valence-corrected chi connectivity index (χ1v) is 5.86. The largest absolute Gasteiger partial charge is 0.367 e. The van der Waals surface area contributed by atoms with Gasteiger partial charge in [-0.3, -0.25) is 0 Å². The second-order valence-corrected chi connectivity index (χ2v) is 4.26. The first-order valence-electron chi connectivity index (χ1n) is 5.86. The second kappa shape index (κ2) is 5.75. The minimum atomic E-state index is -0.333. The molecule has 2 atom stereocenters. The van der Waals surface area contributed by atoms with Crippen LogP contribution in [0.5, 0.6) is 0 Å². The highest BCUT2D eigenvalue weighted by molar-refractivity contribution is 5.22. The summed E-state index contributed by atoms with van der Waals surface area (Å²) in [6.07, 6.45) is 0.259. The highest BCUT2D eigenvalue weighted by Gasteiger charge is 2.20. The molecule has 0 saturated carbocycles. The van der Waals surface area contributed by atoms with Gasteiger partial charge < -0.3 is 15.0 Å². The summed E-state index contributed by atoms with van der Waals surface area (Å²) >= 11 is 0. The Balaban J connectivity index is 2.20. The van der Waals surface area contributed by atoms with Gasteiger partial charge in [-0.2, -0.15) is 4.98 Å². The minimum absolute atomic E-state index is 0.00756. The maximum absolute atomic E-state index is 5.70. The molecule has 5 heteroatoms. The lowest BCUT2D eigenvalue weighted by atomic mass is 10.1. The van der Waals surface area contributed by atoms with Crippen LogP contribution in [-0.4, -0.2) is 23.3 Å². The van der Waals surface area contributed by atoms with Crippen molar-refractivity contribution >= 4 is 0 Å². The summed E-state index contributed by atoms with van der Waals surface area (Å²) in [5, 5.41) is 3.90. The molecule has 0 aliphatic carbocycles. The van der Waals surface area contributed by atoms with Gasteiger partial charge >= 0.3 is 0 Å². The minimum Gasteiger partial charge on any atom is -0.367 e. The molecule has 0 radical (unpaired) electrons. The summed E-state index contributed by atoms with van der Waals surface area (Å²) < 4.78 is 10.6. The predicted octanol–water partition coefficient (Wildman–Crippen LogP) is 1.70. The molecule has 2 N–H and O–H groups in total. The van der Waals surface area contributed by atoms with Crippen LogP contribution in [0.1, 0.15) is 30.3 Å². The third-order valence-electron chi connectivity index (χ3n) is 2.55. The van der Waals surface area contributed by atoms with Gasteiger partial charge in [0.05, 0.1) is 0 Å². The molecule has 0 fully saturated rings. The Kier molecular flexibility index (Phi) is 4.07. The van der Waals surface area contributed by atoms with E-state index < -0.39 is 0 Å². The van der Waals surface area contributed by atoms with Gasteiger partial charge in [-0.25, -0.2) is 0 Å². The molecular formula is C13H17N3O2. The Labute approximate surface area is 106 Å². The molecule has 1 aromatic heterocycles. The van der Waals surface area contributed by atoms with E-state index in [9.17, 15) is 0 Å². The summed E-state index contributed by atoms with van der Waals surface area (Å²) in [6, 6.07) is 9.77. The Morgan fingerprint density at radius 2 is 2.06 bits per heavy atom. The van der Waals surface area contributed by atoms with E-state index >= 15 is 0 Å². The zero-order valence-electron chi connectivity index (χ0n) is 10.5. The summed E-state index contributed by atoms with van der Waals surface area (Å²) in [7, 11) is 1.62. The van der Waals surface area contributed by atoms with Crippen molar-refractivity contribution in [1.29, 1.82) is 0 Å². The molecule has 0 saturated heterocycles. The number of hydrogen-bond acceptors (Lipinski definition) is 5. The molecule has 2 aromatic rings. The molecule has 2 rings (SSSR count). The fourth-order valence-corrected chi connectivity index (χ4v) is 1.75. The molecule has 96 valence electrons. The van der Waals surface area contributed by atoms with Crippen molar-refractivity contribution in [2.24, 2.45) is 5.73 Å². The van der Waals surface area contributed by atoms with E-state index in [-0.39, 0.29) is 12.1 Å². The average Bonchev–Trinajstić information content (AvgIpc) is 2.79. The van der Waals surface area contributed by atoms with E-state index in [0.717, 1.165) is 5.56 Å². The van der Waals surface area contributed by atoms with E-state index in [1.807, 2.05) is 37.3 Å². The van der Waals surface area contributed by atoms with Crippen molar-refractivity contribution < 1.29 is 9.26 Å². The van der Waals surface area contributed by atoms with Crippen molar-refractivity contribution in [3.8, 4) is 0 Å². The normalized spacial score (nSPS) is 14.4. The quantitative estimate of drug-likeness (QED) is 0.870. The fourth-order valence-electron chi connectivity index (χ4n) is 1.75. The number of benzene rings is 1. The predicted molar refractivity (Wildman–Crippen MR) is 66.9 cm³/mol. The molecule has 0 spiro atoms. The molecule has 0 bridgehead atoms. The molecule has 18 heavy (non-hydrogen) atoms. The highest BCUT2D eigenvalue weighted by atomic mass is 16.5. The lowest BCUT2D eigenvalue weighted by Crippen LogP contribution is -2.18. The summed E-state index contributed by atoms with van der Waals surface area (Å²) in [4.78, 5) is 4.32. The first-order chi connectivity index (χ1) is 8.70. The van der Waals surface area contributed by atoms with Crippen LogP contribution >= 0.6 is 0 Å². The first kappa shape index (κ1) is 12.7. The standard InChI is InChI=1S/C13H17N3O2/c1-9(14)8-11-15-13(18-16-11)12(17-2)10-6-4-3-5-7-10/h3-7,9,12H,8,14H2,1-2H3. The number of aromatic nitrogens is 2. The topological polar surface area (TPSA) is 74.2 Å². The maximum Gasteiger partial charge on any atom is 0.260 e. The molecule has 0 amide bonds. The fraction of sp³-hybridized carbons (Fsp3) is 0.385. The number of ether oxygens (including phenoxy) is 1. The Morgan fingerprint density at radius 3 is 2.67 bits per heavy atom. The van der Waals surface area contributed by atoms with Gasteiger partial charge in [0.15, 0.2) is 11.9 Å². The molecule has 2 unspecified atom stereocenters. The van der Waals surface area contributed by atoms with Crippen LogP contribution in [0.25, 0.3) is 0 Å². The zero-order valence-corrected chi connectivity index (χ0v) is 10.5. The summed E-state index contributed by atoms with van der Waals surface area (Å²) in [5.41, 5.74) is 6.68. The molecule has 0 aliphatic rings. The van der Waals surface area contributed by atoms with E-state index in [0.29, 0.717) is 18.1 Å². The Bertz CT molecular complexity index is 482. The number of nitrogens with zero attached hydrogens (tertiary/aromatic N) is 2. The number of nitrogens with two attached hydrogens (primary N) is 1. The van der Waals surface area contributed by atoms with E-state index in [2.05, 4.69) is 10.1 Å². The van der Waals surface area contributed by atoms with Gasteiger partial charge in [0.25, 0.3) is 5.89 Å². The lowest BCUT2D eigenvalue weighted by molar-refractivity contribution is 0.105. The van der Waals surface area contributed by atoms with Crippen molar-refractivity contribution in [3.05, 3.63) is 47.6 Å². The van der Waals surface area contributed by atoms with Crippen LogP contribution in [0.2, 0.25) is 0 Å². The van der Waals surface area contributed by atoms with Crippen molar-refractivity contribution in [2.45, 2.75) is 25.5 Å². The second-order valence-electron chi connectivity index (χ2n) is 4.26. The van der Waals surface area contributed by atoms with Crippen molar-refractivity contribution in [1.82, 2.24) is 10.1 Å². The maximum atomic E-state index is 5.70. The van der Waals surface area contributed by atoms with Gasteiger partial charge in [-0.15, -0.1) is 0 Å². The highest BCUT2D eigenvalue weighted by Crippen LogP contribution is 2.23. The van der Waals surface area contributed by atoms with Gasteiger partial charge in [0.1, 0.15) is 0 Å². The van der Waals surface area contributed by atoms with Crippen LogP contribution in [0.4, 0.5) is 0 Å². The van der Waals surface area contributed by atoms with E-state index in [1.54, 1.807) is 7.11 Å². The average molecular weight is 247 g/mol. The van der Waals surface area contributed by atoms with E-state index in [4.69, 9.17) is 15.0 Å². The van der Waals surface area contributed by atoms with Gasteiger partial charge in [-0.05, 0) is 12.5 Å².